The molecule has 0 aromatic heterocycles. The molecule has 0 radical (unpaired) electrons. The molecule has 0 saturated carbocycles. The minimum absolute atomic E-state index is 0.217. The van der Waals surface area contributed by atoms with Gasteiger partial charge in [-0.1, -0.05) is 31.2 Å². The van der Waals surface area contributed by atoms with Crippen molar-refractivity contribution in [2.75, 3.05) is 13.2 Å². The topological polar surface area (TPSA) is 40.5 Å². The van der Waals surface area contributed by atoms with E-state index in [1.807, 2.05) is 0 Å². The van der Waals surface area contributed by atoms with Crippen LogP contribution in [0.4, 0.5) is 0 Å². The molecular weight excluding hydrogens is 224 g/mol. The van der Waals surface area contributed by atoms with E-state index in [4.69, 9.17) is 10.2 Å². The Kier molecular flexibility index (Phi) is 4.56. The van der Waals surface area contributed by atoms with Gasteiger partial charge in [0.15, 0.2) is 0 Å². The van der Waals surface area contributed by atoms with Crippen LogP contribution >= 0.6 is 0 Å². The average molecular weight is 246 g/mol. The first-order valence-electron chi connectivity index (χ1n) is 6.78. The Hall–Kier alpha value is -1.12. The van der Waals surface area contributed by atoms with E-state index in [2.05, 4.69) is 31.2 Å². The van der Waals surface area contributed by atoms with Crippen molar-refractivity contribution in [2.24, 2.45) is 5.92 Å². The van der Waals surface area contributed by atoms with Gasteiger partial charge in [0.05, 0.1) is 0 Å². The molecule has 0 heterocycles. The van der Waals surface area contributed by atoms with Crippen molar-refractivity contribution < 1.29 is 10.2 Å². The lowest BCUT2D eigenvalue weighted by Crippen LogP contribution is -2.07. The van der Waals surface area contributed by atoms with E-state index in [-0.39, 0.29) is 13.2 Å². The largest absolute Gasteiger partial charge is 0.396 e. The van der Waals surface area contributed by atoms with Crippen LogP contribution in [0.1, 0.15) is 32.6 Å². The first-order chi connectivity index (χ1) is 8.77. The van der Waals surface area contributed by atoms with Crippen molar-refractivity contribution in [1.82, 2.24) is 0 Å². The number of allylic oxidation sites excluding steroid dienone is 6. The quantitative estimate of drug-likeness (QED) is 0.756. The Bertz CT molecular complexity index is 384. The van der Waals surface area contributed by atoms with Crippen molar-refractivity contribution in [2.45, 2.75) is 32.6 Å². The summed E-state index contributed by atoms with van der Waals surface area (Å²) in [6.07, 6.45) is 12.4. The second-order valence-electron chi connectivity index (χ2n) is 4.92. The van der Waals surface area contributed by atoms with Crippen molar-refractivity contribution in [1.29, 1.82) is 0 Å². The van der Waals surface area contributed by atoms with Gasteiger partial charge in [-0.15, -0.1) is 0 Å². The van der Waals surface area contributed by atoms with Gasteiger partial charge in [-0.25, -0.2) is 0 Å². The summed E-state index contributed by atoms with van der Waals surface area (Å²) < 4.78 is 0. The molecule has 0 saturated heterocycles. The maximum atomic E-state index is 9.10. The monoisotopic (exact) mass is 246 g/mol. The average Bonchev–Trinajstić information content (AvgIpc) is 2.98. The molecule has 0 atom stereocenters. The highest BCUT2D eigenvalue weighted by molar-refractivity contribution is 5.49. The number of hydrogen-bond acceptors (Lipinski definition) is 2. The fourth-order valence-electron chi connectivity index (χ4n) is 2.97. The van der Waals surface area contributed by atoms with Crippen LogP contribution in [0, 0.1) is 5.92 Å². The van der Waals surface area contributed by atoms with Gasteiger partial charge in [0, 0.05) is 19.1 Å². The molecule has 0 amide bonds. The van der Waals surface area contributed by atoms with Crippen LogP contribution in [0.3, 0.4) is 0 Å². The highest BCUT2D eigenvalue weighted by Gasteiger charge is 2.23. The van der Waals surface area contributed by atoms with E-state index in [9.17, 15) is 0 Å². The summed E-state index contributed by atoms with van der Waals surface area (Å²) in [7, 11) is 0. The summed E-state index contributed by atoms with van der Waals surface area (Å²) in [5, 5.41) is 18.2. The molecule has 0 aromatic rings. The van der Waals surface area contributed by atoms with Gasteiger partial charge in [0.2, 0.25) is 0 Å². The summed E-state index contributed by atoms with van der Waals surface area (Å²) in [6.45, 7) is 2.66. The van der Waals surface area contributed by atoms with E-state index in [1.54, 1.807) is 0 Å². The summed E-state index contributed by atoms with van der Waals surface area (Å²) in [5.74, 6) is 0.380. The van der Waals surface area contributed by atoms with Crippen LogP contribution in [0.15, 0.2) is 46.6 Å². The Morgan fingerprint density at radius 2 is 1.33 bits per heavy atom. The zero-order valence-electron chi connectivity index (χ0n) is 11.0. The molecule has 0 spiro atoms. The number of aliphatic hydroxyl groups is 2. The van der Waals surface area contributed by atoms with Gasteiger partial charge >= 0.3 is 0 Å². The number of rotatable bonds is 6. The lowest BCUT2D eigenvalue weighted by molar-refractivity contribution is 0.299. The molecule has 18 heavy (non-hydrogen) atoms. The van der Waals surface area contributed by atoms with Crippen molar-refractivity contribution in [3.8, 4) is 0 Å². The van der Waals surface area contributed by atoms with Gasteiger partial charge in [-0.3, -0.25) is 0 Å². The second-order valence-corrected chi connectivity index (χ2v) is 4.92. The highest BCUT2D eigenvalue weighted by Crippen LogP contribution is 2.38. The van der Waals surface area contributed by atoms with Crippen molar-refractivity contribution >= 4 is 0 Å². The molecule has 0 bridgehead atoms. The Labute approximate surface area is 109 Å². The maximum Gasteiger partial charge on any atom is 0.0471 e. The fourth-order valence-corrected chi connectivity index (χ4v) is 2.97. The summed E-state index contributed by atoms with van der Waals surface area (Å²) in [5.41, 5.74) is 5.31. The standard InChI is InChI=1S/C16H22O2/c1-12(15-6-2-4-13(15)8-10-17)16-7-3-5-14(16)9-11-18/h4-7,12,17-18H,2-3,8-11H2,1H3. The number of aliphatic hydroxyl groups excluding tert-OH is 2. The number of hydrogen-bond donors (Lipinski definition) is 2. The molecule has 2 heteroatoms. The zero-order chi connectivity index (χ0) is 13.0. The molecular formula is C16H22O2. The first-order valence-corrected chi connectivity index (χ1v) is 6.78. The first kappa shape index (κ1) is 13.3. The molecule has 2 N–H and O–H groups in total. The lowest BCUT2D eigenvalue weighted by atomic mass is 9.85. The zero-order valence-corrected chi connectivity index (χ0v) is 11.0. The Balaban J connectivity index is 2.11. The highest BCUT2D eigenvalue weighted by atomic mass is 16.3. The van der Waals surface area contributed by atoms with Gasteiger partial charge in [-0.05, 0) is 48.0 Å². The van der Waals surface area contributed by atoms with Gasteiger partial charge in [0.25, 0.3) is 0 Å². The summed E-state index contributed by atoms with van der Waals surface area (Å²) in [6, 6.07) is 0. The molecule has 0 aromatic carbocycles. The lowest BCUT2D eigenvalue weighted by Gasteiger charge is -2.20. The van der Waals surface area contributed by atoms with Crippen LogP contribution in [0.5, 0.6) is 0 Å². The smallest absolute Gasteiger partial charge is 0.0471 e. The molecule has 2 aliphatic carbocycles. The van der Waals surface area contributed by atoms with Crippen LogP contribution in [-0.2, 0) is 0 Å². The minimum Gasteiger partial charge on any atom is -0.396 e. The Morgan fingerprint density at radius 3 is 1.72 bits per heavy atom. The van der Waals surface area contributed by atoms with Crippen molar-refractivity contribution in [3.05, 3.63) is 46.6 Å². The van der Waals surface area contributed by atoms with Crippen LogP contribution < -0.4 is 0 Å². The van der Waals surface area contributed by atoms with E-state index in [0.29, 0.717) is 5.92 Å². The second kappa shape index (κ2) is 6.17. The predicted octanol–water partition coefficient (Wildman–Crippen LogP) is 2.90. The normalized spacial score (nSPS) is 18.9. The van der Waals surface area contributed by atoms with E-state index in [0.717, 1.165) is 25.7 Å². The third kappa shape index (κ3) is 2.65. The third-order valence-corrected chi connectivity index (χ3v) is 3.84. The minimum atomic E-state index is 0.217. The van der Waals surface area contributed by atoms with E-state index in [1.165, 1.54) is 22.3 Å². The molecule has 98 valence electrons. The molecule has 2 rings (SSSR count). The SMILES string of the molecule is CC(C1=CCC=C1CCO)C1=CCC=C1CCO. The van der Waals surface area contributed by atoms with Crippen molar-refractivity contribution in [3.63, 3.8) is 0 Å². The maximum absolute atomic E-state index is 9.10. The Morgan fingerprint density at radius 1 is 0.889 bits per heavy atom. The summed E-state index contributed by atoms with van der Waals surface area (Å²) in [4.78, 5) is 0. The van der Waals surface area contributed by atoms with Gasteiger partial charge in [0.1, 0.15) is 0 Å². The summed E-state index contributed by atoms with van der Waals surface area (Å²) >= 11 is 0. The third-order valence-electron chi connectivity index (χ3n) is 3.84. The molecule has 0 fully saturated rings. The van der Waals surface area contributed by atoms with E-state index < -0.39 is 0 Å². The molecule has 2 aliphatic rings. The van der Waals surface area contributed by atoms with Crippen LogP contribution in [0.25, 0.3) is 0 Å². The van der Waals surface area contributed by atoms with Crippen LogP contribution in [-0.4, -0.2) is 23.4 Å². The molecule has 0 unspecified atom stereocenters. The van der Waals surface area contributed by atoms with Crippen LogP contribution in [0.2, 0.25) is 0 Å². The van der Waals surface area contributed by atoms with Gasteiger partial charge in [-0.2, -0.15) is 0 Å². The fraction of sp³-hybridized carbons (Fsp3) is 0.500. The van der Waals surface area contributed by atoms with Gasteiger partial charge < -0.3 is 10.2 Å². The molecule has 0 aliphatic heterocycles. The molecule has 2 nitrogen and oxygen atoms in total. The van der Waals surface area contributed by atoms with E-state index >= 15 is 0 Å². The predicted molar refractivity (Wildman–Crippen MR) is 74.1 cm³/mol.